The van der Waals surface area contributed by atoms with E-state index in [1.165, 1.54) is 0 Å². The standard InChI is InChI=1S/C12H18N2O/c1-3-8-14(13)12-7-5-4-6-11(12)10(2)9-15/h4-7,15H,2-3,8-9,13H2,1H3. The first kappa shape index (κ1) is 11.8. The molecule has 15 heavy (non-hydrogen) atoms. The lowest BCUT2D eigenvalue weighted by molar-refractivity contribution is 0.350. The highest BCUT2D eigenvalue weighted by molar-refractivity contribution is 5.75. The molecule has 0 heterocycles. The average molecular weight is 206 g/mol. The predicted octanol–water partition coefficient (Wildman–Crippen LogP) is 1.78. The van der Waals surface area contributed by atoms with Crippen molar-refractivity contribution in [3.8, 4) is 0 Å². The van der Waals surface area contributed by atoms with Crippen LogP contribution in [0.25, 0.3) is 5.57 Å². The number of nitrogens with two attached hydrogens (primary N) is 1. The van der Waals surface area contributed by atoms with E-state index in [1.807, 2.05) is 24.3 Å². The van der Waals surface area contributed by atoms with Gasteiger partial charge in [-0.15, -0.1) is 0 Å². The molecule has 0 atom stereocenters. The van der Waals surface area contributed by atoms with Crippen LogP contribution in [0.5, 0.6) is 0 Å². The third kappa shape index (κ3) is 2.81. The molecule has 1 aromatic carbocycles. The maximum absolute atomic E-state index is 9.07. The summed E-state index contributed by atoms with van der Waals surface area (Å²) in [5.41, 5.74) is 2.52. The Morgan fingerprint density at radius 1 is 1.47 bits per heavy atom. The van der Waals surface area contributed by atoms with E-state index in [0.717, 1.165) is 24.2 Å². The van der Waals surface area contributed by atoms with Gasteiger partial charge in [0.15, 0.2) is 0 Å². The lowest BCUT2D eigenvalue weighted by atomic mass is 10.1. The first-order valence-electron chi connectivity index (χ1n) is 5.11. The van der Waals surface area contributed by atoms with E-state index in [0.29, 0.717) is 5.57 Å². The number of hydrogen-bond donors (Lipinski definition) is 2. The monoisotopic (exact) mass is 206 g/mol. The molecule has 3 heteroatoms. The number of aliphatic hydroxyl groups is 1. The Bertz CT molecular complexity index is 336. The molecule has 0 saturated heterocycles. The number of rotatable bonds is 5. The summed E-state index contributed by atoms with van der Waals surface area (Å²) in [6.07, 6.45) is 0.983. The van der Waals surface area contributed by atoms with Crippen molar-refractivity contribution in [3.63, 3.8) is 0 Å². The fourth-order valence-corrected chi connectivity index (χ4v) is 1.47. The second-order valence-corrected chi connectivity index (χ2v) is 3.47. The van der Waals surface area contributed by atoms with E-state index in [9.17, 15) is 0 Å². The molecule has 0 saturated carbocycles. The molecule has 0 unspecified atom stereocenters. The summed E-state index contributed by atoms with van der Waals surface area (Å²) < 4.78 is 0. The summed E-state index contributed by atoms with van der Waals surface area (Å²) in [5, 5.41) is 10.8. The van der Waals surface area contributed by atoms with Crippen LogP contribution >= 0.6 is 0 Å². The molecule has 0 aliphatic carbocycles. The minimum Gasteiger partial charge on any atom is -0.392 e. The van der Waals surface area contributed by atoms with Crippen molar-refractivity contribution in [1.29, 1.82) is 0 Å². The molecule has 3 N–H and O–H groups in total. The average Bonchev–Trinajstić information content (AvgIpc) is 2.28. The van der Waals surface area contributed by atoms with Crippen molar-refractivity contribution in [2.45, 2.75) is 13.3 Å². The number of benzene rings is 1. The molecule has 0 bridgehead atoms. The zero-order valence-electron chi connectivity index (χ0n) is 9.11. The first-order valence-corrected chi connectivity index (χ1v) is 5.11. The Balaban J connectivity index is 3.00. The van der Waals surface area contributed by atoms with Crippen LogP contribution in [0.15, 0.2) is 30.8 Å². The first-order chi connectivity index (χ1) is 7.20. The second-order valence-electron chi connectivity index (χ2n) is 3.47. The van der Waals surface area contributed by atoms with Gasteiger partial charge in [-0.25, -0.2) is 5.84 Å². The number of hydrazine groups is 1. The summed E-state index contributed by atoms with van der Waals surface area (Å²) in [6.45, 7) is 6.63. The fourth-order valence-electron chi connectivity index (χ4n) is 1.47. The van der Waals surface area contributed by atoms with Crippen LogP contribution in [-0.4, -0.2) is 18.3 Å². The van der Waals surface area contributed by atoms with Crippen LogP contribution in [0, 0.1) is 0 Å². The van der Waals surface area contributed by atoms with E-state index >= 15 is 0 Å². The molecule has 0 radical (unpaired) electrons. The molecule has 0 fully saturated rings. The molecule has 3 nitrogen and oxygen atoms in total. The second kappa shape index (κ2) is 5.53. The fraction of sp³-hybridized carbons (Fsp3) is 0.333. The van der Waals surface area contributed by atoms with Gasteiger partial charge in [0.2, 0.25) is 0 Å². The molecule has 1 aromatic rings. The van der Waals surface area contributed by atoms with Gasteiger partial charge in [-0.05, 0) is 18.1 Å². The number of hydrogen-bond acceptors (Lipinski definition) is 3. The minimum atomic E-state index is -0.0447. The predicted molar refractivity (Wildman–Crippen MR) is 64.4 cm³/mol. The van der Waals surface area contributed by atoms with Crippen molar-refractivity contribution in [2.75, 3.05) is 18.2 Å². The maximum Gasteiger partial charge on any atom is 0.0682 e. The zero-order valence-corrected chi connectivity index (χ0v) is 9.11. The van der Waals surface area contributed by atoms with Crippen LogP contribution in [0.3, 0.4) is 0 Å². The van der Waals surface area contributed by atoms with Gasteiger partial charge < -0.3 is 10.1 Å². The molecular formula is C12H18N2O. The molecular weight excluding hydrogens is 188 g/mol. The summed E-state index contributed by atoms with van der Waals surface area (Å²) in [5.74, 6) is 5.91. The van der Waals surface area contributed by atoms with Crippen molar-refractivity contribution >= 4 is 11.3 Å². The van der Waals surface area contributed by atoms with Gasteiger partial charge >= 0.3 is 0 Å². The van der Waals surface area contributed by atoms with Gasteiger partial charge in [0, 0.05) is 12.1 Å². The lowest BCUT2D eigenvalue weighted by Crippen LogP contribution is -2.32. The Kier molecular flexibility index (Phi) is 4.34. The Morgan fingerprint density at radius 2 is 2.13 bits per heavy atom. The molecule has 82 valence electrons. The summed E-state index contributed by atoms with van der Waals surface area (Å²) in [7, 11) is 0. The number of anilines is 1. The van der Waals surface area contributed by atoms with Crippen LogP contribution in [0.2, 0.25) is 0 Å². The highest BCUT2D eigenvalue weighted by Gasteiger charge is 2.08. The van der Waals surface area contributed by atoms with Crippen LogP contribution in [-0.2, 0) is 0 Å². The van der Waals surface area contributed by atoms with Gasteiger partial charge in [-0.2, -0.15) is 0 Å². The summed E-state index contributed by atoms with van der Waals surface area (Å²) >= 11 is 0. The van der Waals surface area contributed by atoms with Crippen LogP contribution in [0.1, 0.15) is 18.9 Å². The third-order valence-electron chi connectivity index (χ3n) is 2.25. The van der Waals surface area contributed by atoms with Gasteiger partial charge in [0.25, 0.3) is 0 Å². The Morgan fingerprint density at radius 3 is 2.73 bits per heavy atom. The molecule has 0 aliphatic rings. The van der Waals surface area contributed by atoms with Crippen molar-refractivity contribution in [2.24, 2.45) is 5.84 Å². The van der Waals surface area contributed by atoms with E-state index in [-0.39, 0.29) is 6.61 Å². The molecule has 1 rings (SSSR count). The smallest absolute Gasteiger partial charge is 0.0682 e. The lowest BCUT2D eigenvalue weighted by Gasteiger charge is -2.21. The highest BCUT2D eigenvalue weighted by Crippen LogP contribution is 2.24. The topological polar surface area (TPSA) is 49.5 Å². The number of para-hydroxylation sites is 1. The quantitative estimate of drug-likeness (QED) is 0.570. The van der Waals surface area contributed by atoms with Gasteiger partial charge in [-0.1, -0.05) is 31.7 Å². The maximum atomic E-state index is 9.07. The number of nitrogens with zero attached hydrogens (tertiary/aromatic N) is 1. The van der Waals surface area contributed by atoms with Gasteiger partial charge in [0.05, 0.1) is 12.3 Å². The SMILES string of the molecule is C=C(CO)c1ccccc1N(N)CCC. The van der Waals surface area contributed by atoms with E-state index in [4.69, 9.17) is 10.9 Å². The van der Waals surface area contributed by atoms with Gasteiger partial charge in [0.1, 0.15) is 0 Å². The molecule has 0 aliphatic heterocycles. The van der Waals surface area contributed by atoms with Crippen molar-refractivity contribution < 1.29 is 5.11 Å². The van der Waals surface area contributed by atoms with Crippen molar-refractivity contribution in [3.05, 3.63) is 36.4 Å². The Labute approximate surface area is 90.8 Å². The highest BCUT2D eigenvalue weighted by atomic mass is 16.3. The zero-order chi connectivity index (χ0) is 11.3. The summed E-state index contributed by atoms with van der Waals surface area (Å²) in [6, 6.07) is 7.70. The van der Waals surface area contributed by atoms with E-state index in [1.54, 1.807) is 5.01 Å². The normalized spacial score (nSPS) is 10.1. The van der Waals surface area contributed by atoms with Gasteiger partial charge in [-0.3, -0.25) is 0 Å². The molecule has 0 aromatic heterocycles. The largest absolute Gasteiger partial charge is 0.392 e. The van der Waals surface area contributed by atoms with E-state index < -0.39 is 0 Å². The summed E-state index contributed by atoms with van der Waals surface area (Å²) in [4.78, 5) is 0. The van der Waals surface area contributed by atoms with Crippen LogP contribution in [0.4, 0.5) is 5.69 Å². The molecule has 0 amide bonds. The van der Waals surface area contributed by atoms with Crippen molar-refractivity contribution in [1.82, 2.24) is 0 Å². The Hall–Kier alpha value is -1.32. The number of aliphatic hydroxyl groups excluding tert-OH is 1. The molecule has 0 spiro atoms. The van der Waals surface area contributed by atoms with Crippen LogP contribution < -0.4 is 10.9 Å². The third-order valence-corrected chi connectivity index (χ3v) is 2.25. The van der Waals surface area contributed by atoms with E-state index in [2.05, 4.69) is 13.5 Å². The minimum absolute atomic E-state index is 0.0447.